The van der Waals surface area contributed by atoms with E-state index in [1.807, 2.05) is 42.2 Å². The number of carbonyl (C=O) groups is 2. The third-order valence-electron chi connectivity index (χ3n) is 6.53. The van der Waals surface area contributed by atoms with E-state index in [4.69, 9.17) is 11.6 Å². The number of rotatable bonds is 11. The molecule has 1 unspecified atom stereocenters. The first-order chi connectivity index (χ1) is 19.7. The van der Waals surface area contributed by atoms with Gasteiger partial charge in [-0.2, -0.15) is 0 Å². The van der Waals surface area contributed by atoms with Gasteiger partial charge in [0.05, 0.1) is 23.5 Å². The molecule has 0 spiro atoms. The standard InChI is InChI=1S/C32H31ClN4O4/c1-3-37(20-34-2)19-25(16-22-8-13-26(38)14-9-22)35-31(39)30-18-28(32(40)41)27-17-23(10-15-29(27)36-30)5-4-21-6-11-24(33)12-7-21/h4-15,17-18,20,25,38H,3,16,19H2,1-2H3,(H,35,39)(H,40,41)/b5-4+,34-20?. The summed E-state index contributed by atoms with van der Waals surface area (Å²) >= 11 is 5.96. The Hall–Kier alpha value is -4.69. The van der Waals surface area contributed by atoms with Crippen molar-refractivity contribution in [2.24, 2.45) is 4.99 Å². The Morgan fingerprint density at radius 1 is 1.02 bits per heavy atom. The minimum atomic E-state index is -1.15. The summed E-state index contributed by atoms with van der Waals surface area (Å²) < 4.78 is 0. The van der Waals surface area contributed by atoms with Crippen molar-refractivity contribution in [1.82, 2.24) is 15.2 Å². The zero-order valence-corrected chi connectivity index (χ0v) is 23.5. The zero-order valence-electron chi connectivity index (χ0n) is 22.8. The summed E-state index contributed by atoms with van der Waals surface area (Å²) in [6.07, 6.45) is 5.99. The molecular weight excluding hydrogens is 540 g/mol. The second-order valence-electron chi connectivity index (χ2n) is 9.52. The lowest BCUT2D eigenvalue weighted by molar-refractivity contribution is 0.0699. The maximum atomic E-state index is 13.4. The molecule has 41 heavy (non-hydrogen) atoms. The Morgan fingerprint density at radius 3 is 2.37 bits per heavy atom. The predicted molar refractivity (Wildman–Crippen MR) is 164 cm³/mol. The second-order valence-corrected chi connectivity index (χ2v) is 9.96. The molecular formula is C32H31ClN4O4. The number of carbonyl (C=O) groups excluding carboxylic acids is 1. The lowest BCUT2D eigenvalue weighted by Gasteiger charge is -2.26. The molecule has 1 atom stereocenters. The van der Waals surface area contributed by atoms with E-state index in [-0.39, 0.29) is 23.0 Å². The molecule has 0 aliphatic rings. The van der Waals surface area contributed by atoms with Crippen molar-refractivity contribution in [2.45, 2.75) is 19.4 Å². The normalized spacial score (nSPS) is 12.2. The fraction of sp³-hybridized carbons (Fsp3) is 0.188. The highest BCUT2D eigenvalue weighted by Crippen LogP contribution is 2.23. The first-order valence-electron chi connectivity index (χ1n) is 13.1. The second kappa shape index (κ2) is 13.6. The van der Waals surface area contributed by atoms with Crippen LogP contribution in [0.1, 0.15) is 44.5 Å². The molecule has 3 N–H and O–H groups in total. The molecule has 8 nitrogen and oxygen atoms in total. The van der Waals surface area contributed by atoms with E-state index in [9.17, 15) is 19.8 Å². The smallest absolute Gasteiger partial charge is 0.336 e. The highest BCUT2D eigenvalue weighted by Gasteiger charge is 2.21. The van der Waals surface area contributed by atoms with Gasteiger partial charge in [0.15, 0.2) is 0 Å². The Labute approximate surface area is 243 Å². The molecule has 3 aromatic carbocycles. The number of phenols is 1. The Morgan fingerprint density at radius 2 is 1.71 bits per heavy atom. The predicted octanol–water partition coefficient (Wildman–Crippen LogP) is 5.78. The number of benzene rings is 3. The number of hydrogen-bond acceptors (Lipinski definition) is 5. The molecule has 1 amide bonds. The van der Waals surface area contributed by atoms with E-state index >= 15 is 0 Å². The summed E-state index contributed by atoms with van der Waals surface area (Å²) in [7, 11) is 1.68. The van der Waals surface area contributed by atoms with Gasteiger partial charge in [-0.25, -0.2) is 9.78 Å². The third kappa shape index (κ3) is 7.93. The molecule has 4 aromatic rings. The van der Waals surface area contributed by atoms with Crippen molar-refractivity contribution in [3.63, 3.8) is 0 Å². The lowest BCUT2D eigenvalue weighted by Crippen LogP contribution is -2.45. The number of fused-ring (bicyclic) bond motifs is 1. The van der Waals surface area contributed by atoms with Crippen LogP contribution in [0.5, 0.6) is 5.75 Å². The van der Waals surface area contributed by atoms with Crippen LogP contribution in [0.3, 0.4) is 0 Å². The van der Waals surface area contributed by atoms with Gasteiger partial charge in [0, 0.05) is 30.5 Å². The molecule has 0 saturated heterocycles. The number of hydrogen-bond donors (Lipinski definition) is 3. The van der Waals surface area contributed by atoms with Crippen molar-refractivity contribution in [3.05, 3.63) is 106 Å². The minimum absolute atomic E-state index is 0.00900. The molecule has 210 valence electrons. The monoisotopic (exact) mass is 570 g/mol. The van der Waals surface area contributed by atoms with E-state index in [1.54, 1.807) is 61.9 Å². The van der Waals surface area contributed by atoms with Gasteiger partial charge in [-0.15, -0.1) is 0 Å². The van der Waals surface area contributed by atoms with Crippen LogP contribution in [0.4, 0.5) is 0 Å². The number of halogens is 1. The molecule has 0 radical (unpaired) electrons. The van der Waals surface area contributed by atoms with Crippen molar-refractivity contribution >= 4 is 52.9 Å². The highest BCUT2D eigenvalue weighted by molar-refractivity contribution is 6.30. The number of aliphatic imine (C=N–C) groups is 1. The third-order valence-corrected chi connectivity index (χ3v) is 6.78. The van der Waals surface area contributed by atoms with Crippen LogP contribution in [-0.4, -0.2) is 64.5 Å². The number of aromatic nitrogens is 1. The van der Waals surface area contributed by atoms with Crippen LogP contribution in [0.15, 0.2) is 77.8 Å². The SMILES string of the molecule is CCN(C=NC)CC(Cc1ccc(O)cc1)NC(=O)c1cc(C(=O)O)c2cc(/C=C/c3ccc(Cl)cc3)ccc2n1. The maximum absolute atomic E-state index is 13.4. The zero-order chi connectivity index (χ0) is 29.4. The van der Waals surface area contributed by atoms with Crippen LogP contribution in [-0.2, 0) is 6.42 Å². The lowest BCUT2D eigenvalue weighted by atomic mass is 10.0. The molecule has 1 aromatic heterocycles. The fourth-order valence-corrected chi connectivity index (χ4v) is 4.57. The number of aromatic hydroxyl groups is 1. The summed E-state index contributed by atoms with van der Waals surface area (Å²) in [4.78, 5) is 36.2. The number of nitrogens with zero attached hydrogens (tertiary/aromatic N) is 3. The van der Waals surface area contributed by atoms with Gasteiger partial charge >= 0.3 is 5.97 Å². The fourth-order valence-electron chi connectivity index (χ4n) is 4.45. The molecule has 0 bridgehead atoms. The highest BCUT2D eigenvalue weighted by atomic mass is 35.5. The van der Waals surface area contributed by atoms with Crippen molar-refractivity contribution in [2.75, 3.05) is 20.1 Å². The first-order valence-corrected chi connectivity index (χ1v) is 13.5. The largest absolute Gasteiger partial charge is 0.508 e. The van der Waals surface area contributed by atoms with Gasteiger partial charge in [-0.05, 0) is 72.5 Å². The number of nitrogens with one attached hydrogen (secondary N) is 1. The Kier molecular flexibility index (Phi) is 9.71. The quantitative estimate of drug-likeness (QED) is 0.120. The van der Waals surface area contributed by atoms with E-state index in [0.29, 0.717) is 35.4 Å². The van der Waals surface area contributed by atoms with Gasteiger partial charge in [0.25, 0.3) is 5.91 Å². The topological polar surface area (TPSA) is 115 Å². The first kappa shape index (κ1) is 29.3. The van der Waals surface area contributed by atoms with Crippen LogP contribution < -0.4 is 5.32 Å². The molecule has 0 saturated carbocycles. The van der Waals surface area contributed by atoms with Gasteiger partial charge in [0.1, 0.15) is 11.4 Å². The van der Waals surface area contributed by atoms with E-state index in [0.717, 1.165) is 16.7 Å². The molecule has 1 heterocycles. The average molecular weight is 571 g/mol. The summed E-state index contributed by atoms with van der Waals surface area (Å²) in [5.74, 6) is -1.47. The van der Waals surface area contributed by atoms with Gasteiger partial charge in [0.2, 0.25) is 0 Å². The summed E-state index contributed by atoms with van der Waals surface area (Å²) in [5.41, 5.74) is 3.08. The molecule has 0 fully saturated rings. The average Bonchev–Trinajstić information content (AvgIpc) is 2.97. The number of carboxylic acids is 1. The number of pyridine rings is 1. The van der Waals surface area contributed by atoms with Crippen molar-refractivity contribution in [1.29, 1.82) is 0 Å². The van der Waals surface area contributed by atoms with Gasteiger partial charge in [-0.1, -0.05) is 54.1 Å². The number of likely N-dealkylation sites (N-methyl/N-ethyl adjacent to an activating group) is 1. The minimum Gasteiger partial charge on any atom is -0.508 e. The Bertz CT molecular complexity index is 1580. The van der Waals surface area contributed by atoms with Crippen LogP contribution in [0.25, 0.3) is 23.1 Å². The Balaban J connectivity index is 1.61. The van der Waals surface area contributed by atoms with E-state index in [1.165, 1.54) is 6.07 Å². The summed E-state index contributed by atoms with van der Waals surface area (Å²) in [6.45, 7) is 3.15. The molecule has 0 aliphatic carbocycles. The van der Waals surface area contributed by atoms with Crippen LogP contribution in [0, 0.1) is 0 Å². The van der Waals surface area contributed by atoms with E-state index in [2.05, 4.69) is 15.3 Å². The van der Waals surface area contributed by atoms with Gasteiger partial charge in [-0.3, -0.25) is 9.79 Å². The molecule has 0 aliphatic heterocycles. The van der Waals surface area contributed by atoms with Gasteiger partial charge < -0.3 is 20.4 Å². The van der Waals surface area contributed by atoms with E-state index < -0.39 is 11.9 Å². The molecule has 4 rings (SSSR count). The van der Waals surface area contributed by atoms with Crippen molar-refractivity contribution < 1.29 is 19.8 Å². The summed E-state index contributed by atoms with van der Waals surface area (Å²) in [6, 6.07) is 20.4. The maximum Gasteiger partial charge on any atom is 0.336 e. The molecule has 9 heteroatoms. The number of amides is 1. The number of aromatic carboxylic acids is 1. The number of phenolic OH excluding ortho intramolecular Hbond substituents is 1. The van der Waals surface area contributed by atoms with Crippen LogP contribution >= 0.6 is 11.6 Å². The van der Waals surface area contributed by atoms with Crippen molar-refractivity contribution in [3.8, 4) is 5.75 Å². The summed E-state index contributed by atoms with van der Waals surface area (Å²) in [5, 5.41) is 23.7. The van der Waals surface area contributed by atoms with Crippen LogP contribution in [0.2, 0.25) is 5.02 Å². The number of carboxylic acid groups (broad SMARTS) is 1.